The number of hydrogen-bond donors (Lipinski definition) is 2. The van der Waals surface area contributed by atoms with Gasteiger partial charge in [-0.25, -0.2) is 9.67 Å². The smallest absolute Gasteiger partial charge is 0.248 e. The summed E-state index contributed by atoms with van der Waals surface area (Å²) >= 11 is 3.44. The Balaban J connectivity index is 1.61. The minimum absolute atomic E-state index is 0.174. The number of nitrogens with one attached hydrogen (secondary N) is 2. The number of benzene rings is 1. The predicted molar refractivity (Wildman–Crippen MR) is 89.1 cm³/mol. The summed E-state index contributed by atoms with van der Waals surface area (Å²) in [4.78, 5) is 16.4. The van der Waals surface area contributed by atoms with Crippen LogP contribution in [0.25, 0.3) is 0 Å². The fourth-order valence-corrected chi connectivity index (χ4v) is 2.91. The van der Waals surface area contributed by atoms with Crippen molar-refractivity contribution in [2.75, 3.05) is 18.5 Å². The molecule has 0 unspecified atom stereocenters. The van der Waals surface area contributed by atoms with Gasteiger partial charge in [0.1, 0.15) is 12.4 Å². The van der Waals surface area contributed by atoms with Gasteiger partial charge in [-0.05, 0) is 24.6 Å². The fraction of sp³-hybridized carbons (Fsp3) is 0.400. The van der Waals surface area contributed by atoms with Crippen LogP contribution >= 0.6 is 15.9 Å². The molecule has 3 rings (SSSR count). The van der Waals surface area contributed by atoms with E-state index in [0.717, 1.165) is 10.0 Å². The lowest BCUT2D eigenvalue weighted by Crippen LogP contribution is -2.53. The van der Waals surface area contributed by atoms with Crippen molar-refractivity contribution in [2.24, 2.45) is 0 Å². The van der Waals surface area contributed by atoms with Crippen molar-refractivity contribution in [2.45, 2.75) is 25.6 Å². The van der Waals surface area contributed by atoms with E-state index in [0.29, 0.717) is 25.6 Å². The van der Waals surface area contributed by atoms with Crippen molar-refractivity contribution in [3.8, 4) is 0 Å². The average molecular weight is 380 g/mol. The van der Waals surface area contributed by atoms with Gasteiger partial charge in [-0.1, -0.05) is 28.1 Å². The Hall–Kier alpha value is -1.77. The topological polar surface area (TPSA) is 81.1 Å². The number of halogens is 1. The molecule has 0 saturated carbocycles. The second-order valence-corrected chi connectivity index (χ2v) is 6.31. The maximum absolute atomic E-state index is 12.2. The van der Waals surface area contributed by atoms with Crippen LogP contribution in [0, 0.1) is 0 Å². The van der Waals surface area contributed by atoms with Crippen molar-refractivity contribution >= 4 is 27.8 Å². The number of nitrogens with zero attached hydrogens (tertiary/aromatic N) is 3. The zero-order chi connectivity index (χ0) is 16.2. The summed E-state index contributed by atoms with van der Waals surface area (Å²) in [5, 5.41) is 10.1. The highest BCUT2D eigenvalue weighted by Gasteiger charge is 2.28. The third-order valence-corrected chi connectivity index (χ3v) is 4.10. The summed E-state index contributed by atoms with van der Waals surface area (Å²) in [6.45, 7) is 3.73. The van der Waals surface area contributed by atoms with Crippen molar-refractivity contribution in [3.63, 3.8) is 0 Å². The molecule has 7 nitrogen and oxygen atoms in total. The Morgan fingerprint density at radius 2 is 2.43 bits per heavy atom. The molecule has 1 aliphatic rings. The summed E-state index contributed by atoms with van der Waals surface area (Å²) in [7, 11) is 0. The van der Waals surface area contributed by atoms with Gasteiger partial charge in [0.05, 0.1) is 19.3 Å². The largest absolute Gasteiger partial charge is 0.375 e. The van der Waals surface area contributed by atoms with Crippen LogP contribution in [0.3, 0.4) is 0 Å². The molecule has 1 aliphatic heterocycles. The Bertz CT molecular complexity index is 690. The van der Waals surface area contributed by atoms with E-state index in [-0.39, 0.29) is 18.1 Å². The number of carbonyl (C=O) groups is 1. The molecular weight excluding hydrogens is 362 g/mol. The standard InChI is InChI=1S/C15H18BrN5O2/c1-10-13(17-5-6-23-10)14(22)19-15-18-9-21(20-15)8-11-3-2-4-12(16)7-11/h2-4,7,9-10,13,17H,5-6,8H2,1H3,(H,19,20,22)/t10-,13+/m1/s1. The van der Waals surface area contributed by atoms with Crippen LogP contribution in [-0.4, -0.2) is 46.0 Å². The lowest BCUT2D eigenvalue weighted by molar-refractivity contribution is -0.123. The predicted octanol–water partition coefficient (Wildman–Crippen LogP) is 1.40. The van der Waals surface area contributed by atoms with Crippen LogP contribution in [0.1, 0.15) is 12.5 Å². The minimum atomic E-state index is -0.388. The lowest BCUT2D eigenvalue weighted by Gasteiger charge is -2.28. The number of morpholine rings is 1. The van der Waals surface area contributed by atoms with Gasteiger partial charge in [0, 0.05) is 11.0 Å². The highest BCUT2D eigenvalue weighted by Crippen LogP contribution is 2.13. The van der Waals surface area contributed by atoms with E-state index in [1.807, 2.05) is 31.2 Å². The van der Waals surface area contributed by atoms with Gasteiger partial charge in [0.15, 0.2) is 0 Å². The van der Waals surface area contributed by atoms with E-state index >= 15 is 0 Å². The van der Waals surface area contributed by atoms with Gasteiger partial charge in [0.2, 0.25) is 11.9 Å². The maximum atomic E-state index is 12.2. The van der Waals surface area contributed by atoms with Gasteiger partial charge >= 0.3 is 0 Å². The van der Waals surface area contributed by atoms with Crippen LogP contribution in [0.2, 0.25) is 0 Å². The number of ether oxygens (including phenoxy) is 1. The maximum Gasteiger partial charge on any atom is 0.248 e. The Labute approximate surface area is 142 Å². The fourth-order valence-electron chi connectivity index (χ4n) is 2.47. The van der Waals surface area contributed by atoms with E-state index in [1.54, 1.807) is 11.0 Å². The number of anilines is 1. The lowest BCUT2D eigenvalue weighted by atomic mass is 10.1. The number of carbonyl (C=O) groups excluding carboxylic acids is 1. The minimum Gasteiger partial charge on any atom is -0.375 e. The molecule has 2 N–H and O–H groups in total. The molecule has 2 aromatic rings. The molecule has 0 aliphatic carbocycles. The third-order valence-electron chi connectivity index (χ3n) is 3.60. The SMILES string of the molecule is C[C@H]1OCCN[C@@H]1C(=O)Nc1ncn(Cc2cccc(Br)c2)n1. The molecule has 2 atom stereocenters. The Morgan fingerprint density at radius 3 is 3.22 bits per heavy atom. The van der Waals surface area contributed by atoms with E-state index in [2.05, 4.69) is 36.6 Å². The normalized spacial score (nSPS) is 21.1. The molecule has 122 valence electrons. The molecule has 0 spiro atoms. The summed E-state index contributed by atoms with van der Waals surface area (Å²) in [6, 6.07) is 7.58. The van der Waals surface area contributed by atoms with Crippen molar-refractivity contribution in [1.82, 2.24) is 20.1 Å². The molecule has 0 bridgehead atoms. The first-order valence-electron chi connectivity index (χ1n) is 7.41. The first-order chi connectivity index (χ1) is 11.1. The Morgan fingerprint density at radius 1 is 1.57 bits per heavy atom. The third kappa shape index (κ3) is 4.15. The second kappa shape index (κ2) is 7.20. The summed E-state index contributed by atoms with van der Waals surface area (Å²) in [5.74, 6) is 0.113. The van der Waals surface area contributed by atoms with Crippen LogP contribution in [-0.2, 0) is 16.1 Å². The van der Waals surface area contributed by atoms with E-state index < -0.39 is 0 Å². The highest BCUT2D eigenvalue weighted by molar-refractivity contribution is 9.10. The number of amides is 1. The Kier molecular flexibility index (Phi) is 5.04. The van der Waals surface area contributed by atoms with Gasteiger partial charge in [-0.15, -0.1) is 5.10 Å². The summed E-state index contributed by atoms with van der Waals surface area (Å²) in [5.41, 5.74) is 1.10. The molecule has 2 heterocycles. The molecule has 0 radical (unpaired) electrons. The second-order valence-electron chi connectivity index (χ2n) is 5.39. The number of aromatic nitrogens is 3. The number of rotatable bonds is 4. The molecule has 1 amide bonds. The van der Waals surface area contributed by atoms with Crippen molar-refractivity contribution in [3.05, 3.63) is 40.6 Å². The van der Waals surface area contributed by atoms with Gasteiger partial charge in [-0.3, -0.25) is 10.1 Å². The quantitative estimate of drug-likeness (QED) is 0.838. The summed E-state index contributed by atoms with van der Waals surface area (Å²) < 4.78 is 8.17. The molecule has 1 aromatic carbocycles. The zero-order valence-electron chi connectivity index (χ0n) is 12.7. The summed E-state index contributed by atoms with van der Waals surface area (Å²) in [6.07, 6.45) is 1.43. The van der Waals surface area contributed by atoms with Gasteiger partial charge < -0.3 is 10.1 Å². The molecule has 1 aromatic heterocycles. The first kappa shape index (κ1) is 16.1. The number of hydrogen-bond acceptors (Lipinski definition) is 5. The van der Waals surface area contributed by atoms with Crippen LogP contribution in [0.4, 0.5) is 5.95 Å². The highest BCUT2D eigenvalue weighted by atomic mass is 79.9. The van der Waals surface area contributed by atoms with Crippen LogP contribution in [0.5, 0.6) is 0 Å². The van der Waals surface area contributed by atoms with Crippen molar-refractivity contribution < 1.29 is 9.53 Å². The monoisotopic (exact) mass is 379 g/mol. The average Bonchev–Trinajstić information content (AvgIpc) is 2.94. The van der Waals surface area contributed by atoms with Crippen molar-refractivity contribution in [1.29, 1.82) is 0 Å². The molecule has 23 heavy (non-hydrogen) atoms. The van der Waals surface area contributed by atoms with E-state index in [9.17, 15) is 4.79 Å². The molecule has 1 fully saturated rings. The van der Waals surface area contributed by atoms with Gasteiger partial charge in [0.25, 0.3) is 0 Å². The van der Waals surface area contributed by atoms with E-state index in [1.165, 1.54) is 0 Å². The van der Waals surface area contributed by atoms with E-state index in [4.69, 9.17) is 4.74 Å². The molecule has 1 saturated heterocycles. The van der Waals surface area contributed by atoms with Crippen LogP contribution < -0.4 is 10.6 Å². The molecular formula is C15H18BrN5O2. The first-order valence-corrected chi connectivity index (χ1v) is 8.21. The van der Waals surface area contributed by atoms with Crippen LogP contribution in [0.15, 0.2) is 35.1 Å². The van der Waals surface area contributed by atoms with Gasteiger partial charge in [-0.2, -0.15) is 0 Å². The zero-order valence-corrected chi connectivity index (χ0v) is 14.3. The molecule has 8 heteroatoms.